The number of benzene rings is 1. The predicted molar refractivity (Wildman–Crippen MR) is 75.2 cm³/mol. The van der Waals surface area contributed by atoms with Crippen molar-refractivity contribution in [2.75, 3.05) is 12.3 Å². The Balaban J connectivity index is 2.78. The minimum atomic E-state index is -3.91. The van der Waals surface area contributed by atoms with E-state index in [1.165, 1.54) is 6.07 Å². The van der Waals surface area contributed by atoms with Crippen LogP contribution in [0.2, 0.25) is 5.02 Å². The molecule has 108 valence electrons. The molecule has 1 aromatic rings. The summed E-state index contributed by atoms with van der Waals surface area (Å²) in [5.41, 5.74) is 5.59. The van der Waals surface area contributed by atoms with E-state index in [-0.39, 0.29) is 17.3 Å². The van der Waals surface area contributed by atoms with Gasteiger partial charge in [0.25, 0.3) is 0 Å². The third kappa shape index (κ3) is 4.63. The normalized spacial score (nSPS) is 11.7. The highest BCUT2D eigenvalue weighted by molar-refractivity contribution is 7.89. The Labute approximate surface area is 118 Å². The molecule has 4 nitrogen and oxygen atoms in total. The van der Waals surface area contributed by atoms with E-state index in [1.807, 2.05) is 0 Å². The summed E-state index contributed by atoms with van der Waals surface area (Å²) in [7, 11) is -3.91. The molecule has 7 heteroatoms. The van der Waals surface area contributed by atoms with Crippen LogP contribution in [-0.2, 0) is 10.0 Å². The van der Waals surface area contributed by atoms with Gasteiger partial charge in [-0.25, -0.2) is 17.5 Å². The monoisotopic (exact) mass is 308 g/mol. The second kappa shape index (κ2) is 7.07. The molecular weight excluding hydrogens is 291 g/mol. The SMILES string of the molecule is CCCCCCNS(=O)(=O)c1cc(N)cc(Cl)c1F. The quantitative estimate of drug-likeness (QED) is 0.601. The first-order valence-corrected chi connectivity index (χ1v) is 7.98. The standard InChI is InChI=1S/C12H18ClFN2O2S/c1-2-3-4-5-6-16-19(17,18)11-8-9(15)7-10(13)12(11)14/h7-8,16H,2-6,15H2,1H3. The van der Waals surface area contributed by atoms with Crippen LogP contribution in [0.3, 0.4) is 0 Å². The molecule has 0 aromatic heterocycles. The Morgan fingerprint density at radius 1 is 1.32 bits per heavy atom. The van der Waals surface area contributed by atoms with Gasteiger partial charge in [0, 0.05) is 12.2 Å². The molecule has 0 radical (unpaired) electrons. The molecule has 0 aliphatic rings. The summed E-state index contributed by atoms with van der Waals surface area (Å²) in [5.74, 6) is -0.975. The van der Waals surface area contributed by atoms with Gasteiger partial charge in [-0.05, 0) is 18.6 Å². The lowest BCUT2D eigenvalue weighted by Crippen LogP contribution is -2.26. The minimum Gasteiger partial charge on any atom is -0.399 e. The van der Waals surface area contributed by atoms with Gasteiger partial charge >= 0.3 is 0 Å². The molecule has 0 atom stereocenters. The topological polar surface area (TPSA) is 72.2 Å². The molecule has 0 amide bonds. The van der Waals surface area contributed by atoms with Crippen LogP contribution in [0.5, 0.6) is 0 Å². The van der Waals surface area contributed by atoms with E-state index >= 15 is 0 Å². The van der Waals surface area contributed by atoms with Crippen LogP contribution in [0.4, 0.5) is 10.1 Å². The van der Waals surface area contributed by atoms with Crippen LogP contribution in [0.15, 0.2) is 17.0 Å². The number of halogens is 2. The zero-order valence-electron chi connectivity index (χ0n) is 10.7. The maximum Gasteiger partial charge on any atom is 0.243 e. The molecule has 0 bridgehead atoms. The highest BCUT2D eigenvalue weighted by Gasteiger charge is 2.21. The van der Waals surface area contributed by atoms with Gasteiger partial charge in [-0.3, -0.25) is 0 Å². The van der Waals surface area contributed by atoms with Gasteiger partial charge in [0.05, 0.1) is 5.02 Å². The van der Waals surface area contributed by atoms with Crippen molar-refractivity contribution in [1.82, 2.24) is 4.72 Å². The molecular formula is C12H18ClFN2O2S. The summed E-state index contributed by atoms with van der Waals surface area (Å²) < 4.78 is 39.9. The first-order chi connectivity index (χ1) is 8.88. The van der Waals surface area contributed by atoms with Gasteiger partial charge < -0.3 is 5.73 Å². The van der Waals surface area contributed by atoms with E-state index in [1.54, 1.807) is 0 Å². The van der Waals surface area contributed by atoms with E-state index in [0.29, 0.717) is 6.42 Å². The second-order valence-electron chi connectivity index (χ2n) is 4.27. The van der Waals surface area contributed by atoms with Crippen molar-refractivity contribution in [1.29, 1.82) is 0 Å². The maximum absolute atomic E-state index is 13.7. The van der Waals surface area contributed by atoms with Crippen LogP contribution < -0.4 is 10.5 Å². The van der Waals surface area contributed by atoms with E-state index < -0.39 is 20.7 Å². The number of hydrogen-bond acceptors (Lipinski definition) is 3. The highest BCUT2D eigenvalue weighted by Crippen LogP contribution is 2.25. The second-order valence-corrected chi connectivity index (χ2v) is 6.42. The van der Waals surface area contributed by atoms with Crippen molar-refractivity contribution >= 4 is 27.3 Å². The number of sulfonamides is 1. The Hall–Kier alpha value is -0.850. The van der Waals surface area contributed by atoms with Gasteiger partial charge in [0.2, 0.25) is 10.0 Å². The number of nitrogens with one attached hydrogen (secondary N) is 1. The van der Waals surface area contributed by atoms with E-state index in [2.05, 4.69) is 11.6 Å². The molecule has 0 saturated carbocycles. The average Bonchev–Trinajstić information content (AvgIpc) is 2.33. The van der Waals surface area contributed by atoms with Crippen molar-refractivity contribution < 1.29 is 12.8 Å². The zero-order valence-corrected chi connectivity index (χ0v) is 12.3. The third-order valence-electron chi connectivity index (χ3n) is 2.63. The first-order valence-electron chi connectivity index (χ1n) is 6.12. The lowest BCUT2D eigenvalue weighted by molar-refractivity contribution is 0.553. The largest absolute Gasteiger partial charge is 0.399 e. The van der Waals surface area contributed by atoms with Crippen LogP contribution in [-0.4, -0.2) is 15.0 Å². The summed E-state index contributed by atoms with van der Waals surface area (Å²) in [5, 5.41) is -0.300. The van der Waals surface area contributed by atoms with E-state index in [4.69, 9.17) is 17.3 Å². The van der Waals surface area contributed by atoms with E-state index in [0.717, 1.165) is 25.3 Å². The van der Waals surface area contributed by atoms with Crippen molar-refractivity contribution in [3.63, 3.8) is 0 Å². The van der Waals surface area contributed by atoms with Gasteiger partial charge in [0.15, 0.2) is 5.82 Å². The van der Waals surface area contributed by atoms with E-state index in [9.17, 15) is 12.8 Å². The summed E-state index contributed by atoms with van der Waals surface area (Å²) in [6, 6.07) is 2.24. The molecule has 1 aromatic carbocycles. The summed E-state index contributed by atoms with van der Waals surface area (Å²) in [6.07, 6.45) is 3.75. The smallest absolute Gasteiger partial charge is 0.243 e. The van der Waals surface area contributed by atoms with Gasteiger partial charge in [-0.15, -0.1) is 0 Å². The number of unbranched alkanes of at least 4 members (excludes halogenated alkanes) is 3. The molecule has 0 saturated heterocycles. The van der Waals surface area contributed by atoms with Gasteiger partial charge in [-0.2, -0.15) is 0 Å². The number of nitrogen functional groups attached to an aromatic ring is 1. The van der Waals surface area contributed by atoms with Crippen LogP contribution >= 0.6 is 11.6 Å². The summed E-state index contributed by atoms with van der Waals surface area (Å²) in [4.78, 5) is -0.506. The number of hydrogen-bond donors (Lipinski definition) is 2. The van der Waals surface area contributed by atoms with Crippen molar-refractivity contribution in [2.45, 2.75) is 37.5 Å². The fraction of sp³-hybridized carbons (Fsp3) is 0.500. The van der Waals surface area contributed by atoms with Crippen molar-refractivity contribution in [2.24, 2.45) is 0 Å². The molecule has 0 heterocycles. The third-order valence-corrected chi connectivity index (χ3v) is 4.36. The molecule has 1 rings (SSSR count). The molecule has 3 N–H and O–H groups in total. The molecule has 0 unspecified atom stereocenters. The number of rotatable bonds is 7. The maximum atomic E-state index is 13.7. The predicted octanol–water partition coefficient (Wildman–Crippen LogP) is 2.92. The Morgan fingerprint density at radius 2 is 2.00 bits per heavy atom. The Bertz CT molecular complexity index is 535. The fourth-order valence-electron chi connectivity index (χ4n) is 1.62. The van der Waals surface area contributed by atoms with Crippen LogP contribution in [0.25, 0.3) is 0 Å². The van der Waals surface area contributed by atoms with Crippen molar-refractivity contribution in [3.05, 3.63) is 23.0 Å². The van der Waals surface area contributed by atoms with Crippen LogP contribution in [0, 0.1) is 5.82 Å². The highest BCUT2D eigenvalue weighted by atomic mass is 35.5. The van der Waals surface area contributed by atoms with Gasteiger partial charge in [-0.1, -0.05) is 37.8 Å². The lowest BCUT2D eigenvalue weighted by atomic mass is 10.2. The molecule has 0 fully saturated rings. The molecule has 0 aliphatic carbocycles. The number of anilines is 1. The summed E-state index contributed by atoms with van der Waals surface area (Å²) >= 11 is 5.58. The molecule has 0 aliphatic heterocycles. The number of nitrogens with two attached hydrogens (primary N) is 1. The average molecular weight is 309 g/mol. The molecule has 19 heavy (non-hydrogen) atoms. The Morgan fingerprint density at radius 3 is 2.63 bits per heavy atom. The van der Waals surface area contributed by atoms with Crippen LogP contribution in [0.1, 0.15) is 32.6 Å². The lowest BCUT2D eigenvalue weighted by Gasteiger charge is -2.09. The zero-order chi connectivity index (χ0) is 14.5. The van der Waals surface area contributed by atoms with Gasteiger partial charge in [0.1, 0.15) is 4.90 Å². The van der Waals surface area contributed by atoms with Crippen molar-refractivity contribution in [3.8, 4) is 0 Å². The minimum absolute atomic E-state index is 0.109. The summed E-state index contributed by atoms with van der Waals surface area (Å²) in [6.45, 7) is 2.34. The first kappa shape index (κ1) is 16.2. The fourth-order valence-corrected chi connectivity index (χ4v) is 3.10. The molecule has 0 spiro atoms. The Kier molecular flexibility index (Phi) is 6.03.